The van der Waals surface area contributed by atoms with Gasteiger partial charge >= 0.3 is 0 Å². The summed E-state index contributed by atoms with van der Waals surface area (Å²) in [6, 6.07) is 14.2. The summed E-state index contributed by atoms with van der Waals surface area (Å²) in [4.78, 5) is 20.6. The Morgan fingerprint density at radius 1 is 1.03 bits per heavy atom. The maximum atomic E-state index is 12.5. The van der Waals surface area contributed by atoms with Crippen molar-refractivity contribution in [3.63, 3.8) is 0 Å². The lowest BCUT2D eigenvalue weighted by molar-refractivity contribution is 0.0954. The number of H-pyrrole nitrogens is 1. The summed E-state index contributed by atoms with van der Waals surface area (Å²) < 4.78 is 1.78. The Kier molecular flexibility index (Phi) is 5.86. The molecule has 7 heteroatoms. The van der Waals surface area contributed by atoms with Crippen molar-refractivity contribution in [3.05, 3.63) is 72.2 Å². The van der Waals surface area contributed by atoms with Crippen LogP contribution in [0.1, 0.15) is 22.8 Å². The van der Waals surface area contributed by atoms with E-state index in [1.165, 1.54) is 5.56 Å². The molecule has 0 aliphatic carbocycles. The van der Waals surface area contributed by atoms with Crippen LogP contribution < -0.4 is 10.6 Å². The van der Waals surface area contributed by atoms with Crippen LogP contribution in [0.3, 0.4) is 0 Å². The minimum absolute atomic E-state index is 0.0568. The molecule has 172 valence electrons. The molecule has 0 fully saturated rings. The molecular weight excluding hydrogens is 424 g/mol. The second kappa shape index (κ2) is 9.11. The SMILES string of the molecule is CCNCCNC(=O)c1ccc(-c2c(C)ccc3[nH]c4cnc(-c5cnn(C)c5)cc4c23)cc1. The number of aromatic nitrogens is 4. The third-order valence-electron chi connectivity index (χ3n) is 6.13. The number of aromatic amines is 1. The van der Waals surface area contributed by atoms with Crippen molar-refractivity contribution in [2.45, 2.75) is 13.8 Å². The zero-order valence-corrected chi connectivity index (χ0v) is 19.6. The quantitative estimate of drug-likeness (QED) is 0.319. The van der Waals surface area contributed by atoms with Gasteiger partial charge in [-0.2, -0.15) is 5.10 Å². The van der Waals surface area contributed by atoms with Gasteiger partial charge in [-0.15, -0.1) is 0 Å². The Hall–Kier alpha value is -3.97. The van der Waals surface area contributed by atoms with E-state index in [-0.39, 0.29) is 5.91 Å². The maximum absolute atomic E-state index is 12.5. The molecule has 0 radical (unpaired) electrons. The number of likely N-dealkylation sites (N-methyl/N-ethyl adjacent to an activating group) is 1. The molecule has 7 nitrogen and oxygen atoms in total. The van der Waals surface area contributed by atoms with E-state index in [4.69, 9.17) is 0 Å². The number of aryl methyl sites for hydroxylation is 2. The van der Waals surface area contributed by atoms with Gasteiger partial charge in [0.05, 0.1) is 23.6 Å². The Balaban J connectivity index is 1.55. The predicted molar refractivity (Wildman–Crippen MR) is 137 cm³/mol. The molecule has 2 aromatic carbocycles. The molecule has 3 N–H and O–H groups in total. The summed E-state index contributed by atoms with van der Waals surface area (Å²) in [5.74, 6) is -0.0568. The van der Waals surface area contributed by atoms with Gasteiger partial charge < -0.3 is 15.6 Å². The van der Waals surface area contributed by atoms with Crippen LogP contribution in [0.5, 0.6) is 0 Å². The van der Waals surface area contributed by atoms with Crippen LogP contribution in [0.4, 0.5) is 0 Å². The van der Waals surface area contributed by atoms with Gasteiger partial charge in [0.2, 0.25) is 0 Å². The molecule has 3 aromatic heterocycles. The monoisotopic (exact) mass is 452 g/mol. The molecule has 5 rings (SSSR count). The highest BCUT2D eigenvalue weighted by Crippen LogP contribution is 2.38. The van der Waals surface area contributed by atoms with E-state index in [0.29, 0.717) is 12.1 Å². The molecule has 0 atom stereocenters. The van der Waals surface area contributed by atoms with Crippen LogP contribution in [0, 0.1) is 6.92 Å². The minimum Gasteiger partial charge on any atom is -0.353 e. The van der Waals surface area contributed by atoms with Crippen molar-refractivity contribution in [2.75, 3.05) is 19.6 Å². The first-order valence-electron chi connectivity index (χ1n) is 11.5. The first-order valence-corrected chi connectivity index (χ1v) is 11.5. The molecule has 0 aliphatic rings. The van der Waals surface area contributed by atoms with Crippen LogP contribution >= 0.6 is 0 Å². The number of hydrogen-bond donors (Lipinski definition) is 3. The van der Waals surface area contributed by atoms with E-state index in [1.54, 1.807) is 4.68 Å². The Morgan fingerprint density at radius 3 is 2.59 bits per heavy atom. The van der Waals surface area contributed by atoms with Crippen molar-refractivity contribution in [3.8, 4) is 22.4 Å². The van der Waals surface area contributed by atoms with Crippen molar-refractivity contribution in [1.29, 1.82) is 0 Å². The molecule has 0 bridgehead atoms. The lowest BCUT2D eigenvalue weighted by atomic mass is 9.94. The molecule has 0 saturated carbocycles. The van der Waals surface area contributed by atoms with E-state index >= 15 is 0 Å². The van der Waals surface area contributed by atoms with Gasteiger partial charge in [-0.25, -0.2) is 0 Å². The predicted octanol–water partition coefficient (Wildman–Crippen LogP) is 4.43. The second-order valence-corrected chi connectivity index (χ2v) is 8.51. The molecule has 5 aromatic rings. The number of hydrogen-bond acceptors (Lipinski definition) is 4. The highest BCUT2D eigenvalue weighted by Gasteiger charge is 2.15. The third kappa shape index (κ3) is 4.06. The molecular formula is C27H28N6O. The lowest BCUT2D eigenvalue weighted by Crippen LogP contribution is -2.31. The maximum Gasteiger partial charge on any atom is 0.251 e. The first-order chi connectivity index (χ1) is 16.5. The highest BCUT2D eigenvalue weighted by molar-refractivity contribution is 6.15. The van der Waals surface area contributed by atoms with E-state index in [9.17, 15) is 4.79 Å². The summed E-state index contributed by atoms with van der Waals surface area (Å²) in [6.45, 7) is 6.43. The number of rotatable bonds is 7. The highest BCUT2D eigenvalue weighted by atomic mass is 16.1. The number of nitrogens with zero attached hydrogens (tertiary/aromatic N) is 3. The van der Waals surface area contributed by atoms with E-state index in [2.05, 4.69) is 50.8 Å². The topological polar surface area (TPSA) is 87.6 Å². The van der Waals surface area contributed by atoms with Crippen LogP contribution in [0.2, 0.25) is 0 Å². The zero-order chi connectivity index (χ0) is 23.7. The van der Waals surface area contributed by atoms with E-state index in [0.717, 1.165) is 57.3 Å². The minimum atomic E-state index is -0.0568. The number of benzene rings is 2. The largest absolute Gasteiger partial charge is 0.353 e. The van der Waals surface area contributed by atoms with Gasteiger partial charge in [-0.1, -0.05) is 25.1 Å². The number of amides is 1. The summed E-state index contributed by atoms with van der Waals surface area (Å²) in [7, 11) is 1.90. The number of nitrogens with one attached hydrogen (secondary N) is 3. The van der Waals surface area contributed by atoms with Gasteiger partial charge in [-0.3, -0.25) is 14.5 Å². The third-order valence-corrected chi connectivity index (χ3v) is 6.13. The molecule has 1 amide bonds. The summed E-state index contributed by atoms with van der Waals surface area (Å²) in [5, 5.41) is 12.7. The van der Waals surface area contributed by atoms with Gasteiger partial charge in [0.15, 0.2) is 0 Å². The summed E-state index contributed by atoms with van der Waals surface area (Å²) >= 11 is 0. The standard InChI is InChI=1S/C27H28N6O/c1-4-28-11-12-29-27(34)19-8-6-18(7-9-19)25-17(2)5-10-22-26(25)21-13-23(30-15-24(21)32-22)20-14-31-33(3)16-20/h5-10,13-16,28,32H,4,11-12H2,1-3H3,(H,29,34). The number of pyridine rings is 1. The molecule has 0 unspecified atom stereocenters. The van der Waals surface area contributed by atoms with Crippen LogP contribution in [-0.2, 0) is 7.05 Å². The van der Waals surface area contributed by atoms with Crippen LogP contribution in [0.15, 0.2) is 61.1 Å². The molecule has 34 heavy (non-hydrogen) atoms. The summed E-state index contributed by atoms with van der Waals surface area (Å²) in [6.07, 6.45) is 5.69. The molecule has 0 spiro atoms. The smallest absolute Gasteiger partial charge is 0.251 e. The Bertz CT molecular complexity index is 1480. The van der Waals surface area contributed by atoms with Gasteiger partial charge in [0, 0.05) is 53.8 Å². The molecule has 3 heterocycles. The molecule has 0 aliphatic heterocycles. The van der Waals surface area contributed by atoms with Crippen molar-refractivity contribution in [1.82, 2.24) is 30.4 Å². The fourth-order valence-corrected chi connectivity index (χ4v) is 4.41. The number of fused-ring (bicyclic) bond motifs is 3. The average Bonchev–Trinajstić information content (AvgIpc) is 3.45. The Morgan fingerprint density at radius 2 is 1.85 bits per heavy atom. The summed E-state index contributed by atoms with van der Waals surface area (Å²) in [5.41, 5.74) is 8.00. The first kappa shape index (κ1) is 21.9. The van der Waals surface area contributed by atoms with E-state index < -0.39 is 0 Å². The van der Waals surface area contributed by atoms with Crippen molar-refractivity contribution < 1.29 is 4.79 Å². The molecule has 0 saturated heterocycles. The van der Waals surface area contributed by atoms with Crippen molar-refractivity contribution >= 4 is 27.7 Å². The van der Waals surface area contributed by atoms with Gasteiger partial charge in [-0.05, 0) is 54.4 Å². The van der Waals surface area contributed by atoms with Crippen LogP contribution in [-0.4, -0.2) is 45.3 Å². The van der Waals surface area contributed by atoms with E-state index in [1.807, 2.05) is 56.8 Å². The zero-order valence-electron chi connectivity index (χ0n) is 19.6. The lowest BCUT2D eigenvalue weighted by Gasteiger charge is -2.11. The average molecular weight is 453 g/mol. The normalized spacial score (nSPS) is 11.4. The van der Waals surface area contributed by atoms with Gasteiger partial charge in [0.1, 0.15) is 0 Å². The Labute approximate surface area is 198 Å². The fourth-order valence-electron chi connectivity index (χ4n) is 4.41. The van der Waals surface area contributed by atoms with Crippen LogP contribution in [0.25, 0.3) is 44.2 Å². The second-order valence-electron chi connectivity index (χ2n) is 8.51. The van der Waals surface area contributed by atoms with Crippen molar-refractivity contribution in [2.24, 2.45) is 7.05 Å². The fraction of sp³-hybridized carbons (Fsp3) is 0.222. The number of carbonyl (C=O) groups excluding carboxylic acids is 1. The van der Waals surface area contributed by atoms with Gasteiger partial charge in [0.25, 0.3) is 5.91 Å². The number of carbonyl (C=O) groups is 1.